The number of anilines is 1. The number of thiophene rings is 1. The van der Waals surface area contributed by atoms with E-state index in [1.165, 1.54) is 17.4 Å². The molecule has 3 aromatic carbocycles. The summed E-state index contributed by atoms with van der Waals surface area (Å²) in [6.07, 6.45) is 3.06. The smallest absolute Gasteiger partial charge is 0.341 e. The largest absolute Gasteiger partial charge is 0.493 e. The predicted octanol–water partition coefficient (Wildman–Crippen LogP) is 8.45. The molecule has 40 heavy (non-hydrogen) atoms. The molecule has 0 saturated heterocycles. The van der Waals surface area contributed by atoms with E-state index in [1.54, 1.807) is 44.4 Å². The zero-order valence-electron chi connectivity index (χ0n) is 22.1. The van der Waals surface area contributed by atoms with Gasteiger partial charge >= 0.3 is 5.97 Å². The summed E-state index contributed by atoms with van der Waals surface area (Å²) in [5.41, 5.74) is 3.54. The molecule has 0 unspecified atom stereocenters. The molecule has 4 aromatic rings. The third kappa shape index (κ3) is 7.24. The third-order valence-corrected chi connectivity index (χ3v) is 7.38. The van der Waals surface area contributed by atoms with E-state index in [0.717, 1.165) is 21.6 Å². The summed E-state index contributed by atoms with van der Waals surface area (Å²) in [7, 11) is 1.55. The summed E-state index contributed by atoms with van der Waals surface area (Å²) in [4.78, 5) is 26.7. The van der Waals surface area contributed by atoms with Crippen LogP contribution in [-0.2, 0) is 16.1 Å². The van der Waals surface area contributed by atoms with Gasteiger partial charge in [-0.2, -0.15) is 0 Å². The van der Waals surface area contributed by atoms with Gasteiger partial charge in [-0.3, -0.25) is 4.79 Å². The lowest BCUT2D eigenvalue weighted by Gasteiger charge is -2.11. The Labute approximate surface area is 247 Å². The number of esters is 1. The van der Waals surface area contributed by atoms with E-state index in [9.17, 15) is 9.59 Å². The number of amides is 1. The van der Waals surface area contributed by atoms with Gasteiger partial charge in [0.2, 0.25) is 5.91 Å². The molecule has 0 aliphatic carbocycles. The molecule has 1 amide bonds. The Bertz CT molecular complexity index is 1530. The molecule has 1 aromatic heterocycles. The molecule has 1 heterocycles. The highest BCUT2D eigenvalue weighted by molar-refractivity contribution is 7.17. The van der Waals surface area contributed by atoms with Crippen LogP contribution in [0.15, 0.2) is 72.8 Å². The maximum Gasteiger partial charge on any atom is 0.341 e. The summed E-state index contributed by atoms with van der Waals surface area (Å²) < 4.78 is 16.7. The second kappa shape index (κ2) is 13.5. The van der Waals surface area contributed by atoms with Gasteiger partial charge in [0.1, 0.15) is 17.2 Å². The Balaban J connectivity index is 1.51. The average Bonchev–Trinajstić information content (AvgIpc) is 3.27. The predicted molar refractivity (Wildman–Crippen MR) is 162 cm³/mol. The minimum absolute atomic E-state index is 0.211. The average molecular weight is 597 g/mol. The van der Waals surface area contributed by atoms with E-state index in [4.69, 9.17) is 37.4 Å². The molecule has 9 heteroatoms. The van der Waals surface area contributed by atoms with E-state index < -0.39 is 11.9 Å². The first-order valence-electron chi connectivity index (χ1n) is 12.4. The first kappa shape index (κ1) is 29.2. The van der Waals surface area contributed by atoms with Gasteiger partial charge in [0.25, 0.3) is 0 Å². The number of carbonyl (C=O) groups is 2. The van der Waals surface area contributed by atoms with Gasteiger partial charge in [-0.1, -0.05) is 53.5 Å². The second-order valence-corrected chi connectivity index (χ2v) is 10.7. The third-order valence-electron chi connectivity index (χ3n) is 5.86. The maximum absolute atomic E-state index is 12.9. The van der Waals surface area contributed by atoms with Crippen molar-refractivity contribution in [1.82, 2.24) is 0 Å². The highest BCUT2D eigenvalue weighted by atomic mass is 35.5. The molecule has 0 aliphatic rings. The zero-order chi connectivity index (χ0) is 28.6. The van der Waals surface area contributed by atoms with Crippen LogP contribution in [0.2, 0.25) is 10.0 Å². The summed E-state index contributed by atoms with van der Waals surface area (Å²) >= 11 is 13.3. The summed E-state index contributed by atoms with van der Waals surface area (Å²) in [5, 5.41) is 4.51. The molecule has 0 bridgehead atoms. The van der Waals surface area contributed by atoms with Crippen molar-refractivity contribution in [2.45, 2.75) is 20.5 Å². The fraction of sp³-hybridized carbons (Fsp3) is 0.161. The van der Waals surface area contributed by atoms with Gasteiger partial charge in [0, 0.05) is 26.6 Å². The maximum atomic E-state index is 12.9. The van der Waals surface area contributed by atoms with Crippen LogP contribution in [0.25, 0.3) is 17.2 Å². The second-order valence-electron chi connectivity index (χ2n) is 8.61. The monoisotopic (exact) mass is 595 g/mol. The van der Waals surface area contributed by atoms with E-state index in [-0.39, 0.29) is 6.61 Å². The number of halogens is 2. The van der Waals surface area contributed by atoms with E-state index >= 15 is 0 Å². The summed E-state index contributed by atoms with van der Waals surface area (Å²) in [6, 6.07) is 20.0. The Morgan fingerprint density at radius 1 is 0.950 bits per heavy atom. The Morgan fingerprint density at radius 3 is 2.27 bits per heavy atom. The van der Waals surface area contributed by atoms with Gasteiger partial charge in [0.15, 0.2) is 11.5 Å². The quantitative estimate of drug-likeness (QED) is 0.147. The van der Waals surface area contributed by atoms with Crippen LogP contribution >= 0.6 is 34.5 Å². The van der Waals surface area contributed by atoms with Crippen molar-refractivity contribution < 1.29 is 23.8 Å². The van der Waals surface area contributed by atoms with Crippen molar-refractivity contribution >= 4 is 57.5 Å². The Morgan fingerprint density at radius 2 is 1.62 bits per heavy atom. The Kier molecular flexibility index (Phi) is 9.88. The summed E-state index contributed by atoms with van der Waals surface area (Å²) in [6.45, 7) is 4.20. The van der Waals surface area contributed by atoms with Crippen molar-refractivity contribution in [3.8, 4) is 22.6 Å². The highest BCUT2D eigenvalue weighted by Crippen LogP contribution is 2.41. The van der Waals surface area contributed by atoms with E-state index in [2.05, 4.69) is 5.32 Å². The number of methoxy groups -OCH3 is 1. The fourth-order valence-corrected chi connectivity index (χ4v) is 5.29. The molecule has 0 fully saturated rings. The number of rotatable bonds is 10. The molecule has 0 atom stereocenters. The van der Waals surface area contributed by atoms with Gasteiger partial charge in [-0.15, -0.1) is 11.3 Å². The molecule has 4 rings (SSSR count). The number of benzene rings is 3. The number of hydrogen-bond donors (Lipinski definition) is 1. The SMILES string of the molecule is CCOC(=O)c1c(NC(=O)C=Cc2ccc(OCc3ccc(Cl)cc3)c(OC)c2)sc(C)c1-c1ccc(Cl)cc1. The fourth-order valence-electron chi connectivity index (χ4n) is 3.97. The first-order valence-corrected chi connectivity index (χ1v) is 14.0. The van der Waals surface area contributed by atoms with Crippen LogP contribution in [0.4, 0.5) is 5.00 Å². The molecular weight excluding hydrogens is 569 g/mol. The molecule has 0 aliphatic heterocycles. The summed E-state index contributed by atoms with van der Waals surface area (Å²) in [5.74, 6) is 0.205. The molecule has 0 radical (unpaired) electrons. The Hall–Kier alpha value is -3.78. The highest BCUT2D eigenvalue weighted by Gasteiger charge is 2.25. The van der Waals surface area contributed by atoms with E-state index in [0.29, 0.717) is 44.3 Å². The topological polar surface area (TPSA) is 73.9 Å². The molecule has 1 N–H and O–H groups in total. The van der Waals surface area contributed by atoms with Gasteiger partial charge < -0.3 is 19.5 Å². The van der Waals surface area contributed by atoms with Crippen LogP contribution in [0.5, 0.6) is 11.5 Å². The van der Waals surface area contributed by atoms with Gasteiger partial charge in [-0.25, -0.2) is 4.79 Å². The lowest BCUT2D eigenvalue weighted by atomic mass is 10.0. The number of ether oxygens (including phenoxy) is 3. The lowest BCUT2D eigenvalue weighted by molar-refractivity contribution is -0.111. The van der Waals surface area contributed by atoms with Crippen LogP contribution in [0.3, 0.4) is 0 Å². The molecule has 0 spiro atoms. The van der Waals surface area contributed by atoms with Crippen LogP contribution in [0, 0.1) is 6.92 Å². The minimum atomic E-state index is -0.505. The molecule has 6 nitrogen and oxygen atoms in total. The van der Waals surface area contributed by atoms with Crippen molar-refractivity contribution in [3.05, 3.63) is 104 Å². The van der Waals surface area contributed by atoms with Crippen LogP contribution in [-0.4, -0.2) is 25.6 Å². The van der Waals surface area contributed by atoms with Gasteiger partial charge in [0.05, 0.1) is 13.7 Å². The van der Waals surface area contributed by atoms with Crippen LogP contribution in [0.1, 0.15) is 33.3 Å². The zero-order valence-corrected chi connectivity index (χ0v) is 24.5. The number of nitrogens with one attached hydrogen (secondary N) is 1. The molecular formula is C31H27Cl2NO5S. The van der Waals surface area contributed by atoms with Crippen molar-refractivity contribution in [2.75, 3.05) is 19.0 Å². The minimum Gasteiger partial charge on any atom is -0.493 e. The molecule has 0 saturated carbocycles. The normalized spacial score (nSPS) is 10.9. The standard InChI is InChI=1S/C31H27Cl2NO5S/c1-4-38-31(36)29-28(22-9-13-24(33)14-10-22)19(2)40-30(29)34-27(35)16-8-20-7-15-25(26(17-20)37-3)39-18-21-5-11-23(32)12-6-21/h5-17H,4,18H2,1-3H3,(H,34,35). The lowest BCUT2D eigenvalue weighted by Crippen LogP contribution is -2.12. The number of carbonyl (C=O) groups excluding carboxylic acids is 2. The van der Waals surface area contributed by atoms with E-state index in [1.807, 2.05) is 49.4 Å². The first-order chi connectivity index (χ1) is 19.3. The van der Waals surface area contributed by atoms with Crippen molar-refractivity contribution in [1.29, 1.82) is 0 Å². The van der Waals surface area contributed by atoms with Crippen molar-refractivity contribution in [2.24, 2.45) is 0 Å². The molecule has 206 valence electrons. The number of aryl methyl sites for hydroxylation is 1. The van der Waals surface area contributed by atoms with Gasteiger partial charge in [-0.05, 0) is 73.0 Å². The van der Waals surface area contributed by atoms with Crippen LogP contribution < -0.4 is 14.8 Å². The number of hydrogen-bond acceptors (Lipinski definition) is 6. The van der Waals surface area contributed by atoms with Crippen molar-refractivity contribution in [3.63, 3.8) is 0 Å².